The molecule has 1 atom stereocenters. The highest BCUT2D eigenvalue weighted by molar-refractivity contribution is 7.78. The molecule has 5 nitrogen and oxygen atoms in total. The van der Waals surface area contributed by atoms with Crippen LogP contribution in [0.4, 0.5) is 0 Å². The maximum atomic E-state index is 12.7. The van der Waals surface area contributed by atoms with Gasteiger partial charge in [-0.1, -0.05) is 42.3 Å². The van der Waals surface area contributed by atoms with Crippen molar-refractivity contribution in [2.75, 3.05) is 7.05 Å². The van der Waals surface area contributed by atoms with Crippen LogP contribution in [0, 0.1) is 0 Å². The van der Waals surface area contributed by atoms with Gasteiger partial charge in [-0.05, 0) is 36.8 Å². The molecule has 0 fully saturated rings. The van der Waals surface area contributed by atoms with Gasteiger partial charge in [0.15, 0.2) is 0 Å². The number of amides is 1. The molecule has 1 aromatic carbocycles. The number of hydrogen-bond acceptors (Lipinski definition) is 4. The Labute approximate surface area is 172 Å². The van der Waals surface area contributed by atoms with Crippen LogP contribution in [0.1, 0.15) is 19.1 Å². The average molecular weight is 425 g/mol. The molecule has 0 spiro atoms. The minimum Gasteiger partial charge on any atom is -0.457 e. The summed E-state index contributed by atoms with van der Waals surface area (Å²) >= 11 is 16.8. The number of carbonyl (C=O) groups is 2. The van der Waals surface area contributed by atoms with Crippen LogP contribution in [-0.4, -0.2) is 35.7 Å². The Morgan fingerprint density at radius 2 is 2.04 bits per heavy atom. The number of rotatable bonds is 8. The molecule has 0 radical (unpaired) electrons. The van der Waals surface area contributed by atoms with Gasteiger partial charge in [-0.3, -0.25) is 4.79 Å². The first-order valence-corrected chi connectivity index (χ1v) is 9.33. The van der Waals surface area contributed by atoms with Crippen LogP contribution < -0.4 is 5.32 Å². The van der Waals surface area contributed by atoms with Gasteiger partial charge in [-0.15, -0.1) is 0 Å². The van der Waals surface area contributed by atoms with Crippen molar-refractivity contribution in [2.24, 2.45) is 0 Å². The molecule has 0 saturated carbocycles. The SMILES string of the molecule is CCC(C=O)N(C)C(=O)/C(=C\c1ccc(-c2ccc(Cl)c(Cl)c2)o1)NC=S. The molecule has 0 aliphatic rings. The summed E-state index contributed by atoms with van der Waals surface area (Å²) in [6, 6.07) is 8.12. The molecule has 0 saturated heterocycles. The summed E-state index contributed by atoms with van der Waals surface area (Å²) in [7, 11) is 1.56. The first-order chi connectivity index (χ1) is 12.9. The Morgan fingerprint density at radius 1 is 1.30 bits per heavy atom. The second-order valence-electron chi connectivity index (χ2n) is 5.68. The van der Waals surface area contributed by atoms with Crippen molar-refractivity contribution in [3.63, 3.8) is 0 Å². The number of benzene rings is 1. The Hall–Kier alpha value is -2.15. The first kappa shape index (κ1) is 21.2. The summed E-state index contributed by atoms with van der Waals surface area (Å²) in [5.41, 5.74) is 2.18. The minimum atomic E-state index is -0.517. The quantitative estimate of drug-likeness (QED) is 0.381. The van der Waals surface area contributed by atoms with E-state index in [0.29, 0.717) is 28.0 Å². The zero-order valence-electron chi connectivity index (χ0n) is 14.7. The van der Waals surface area contributed by atoms with E-state index in [-0.39, 0.29) is 11.6 Å². The molecular weight excluding hydrogens is 407 g/mol. The van der Waals surface area contributed by atoms with E-state index in [9.17, 15) is 9.59 Å². The minimum absolute atomic E-state index is 0.197. The fraction of sp³-hybridized carbons (Fsp3) is 0.211. The lowest BCUT2D eigenvalue weighted by atomic mass is 10.2. The van der Waals surface area contributed by atoms with E-state index in [4.69, 9.17) is 39.8 Å². The van der Waals surface area contributed by atoms with E-state index in [0.717, 1.165) is 11.8 Å². The first-order valence-electron chi connectivity index (χ1n) is 8.10. The number of hydrogen-bond donors (Lipinski definition) is 1. The molecule has 27 heavy (non-hydrogen) atoms. The number of halogens is 2. The predicted molar refractivity (Wildman–Crippen MR) is 112 cm³/mol. The molecule has 1 heterocycles. The Balaban J connectivity index is 2.31. The van der Waals surface area contributed by atoms with Crippen LogP contribution in [-0.2, 0) is 9.59 Å². The van der Waals surface area contributed by atoms with E-state index in [1.165, 1.54) is 16.5 Å². The molecule has 0 aliphatic heterocycles. The van der Waals surface area contributed by atoms with Gasteiger partial charge >= 0.3 is 0 Å². The standard InChI is InChI=1S/C19H18Cl2N2O3S/c1-3-13(10-24)23(2)19(25)17(22-11-27)9-14-5-7-18(26-14)12-4-6-15(20)16(21)8-12/h4-11,13H,3H2,1-2H3,(H,22,27)/b17-9+. The second kappa shape index (κ2) is 9.69. The Bertz CT molecular complexity index is 880. The van der Waals surface area contributed by atoms with Gasteiger partial charge in [-0.2, -0.15) is 0 Å². The highest BCUT2D eigenvalue weighted by atomic mass is 35.5. The van der Waals surface area contributed by atoms with Crippen molar-refractivity contribution >= 4 is 59.2 Å². The van der Waals surface area contributed by atoms with Crippen LogP contribution in [0.5, 0.6) is 0 Å². The number of nitrogens with one attached hydrogen (secondary N) is 1. The zero-order valence-corrected chi connectivity index (χ0v) is 17.1. The van der Waals surface area contributed by atoms with Gasteiger partial charge in [0, 0.05) is 18.7 Å². The van der Waals surface area contributed by atoms with Gasteiger partial charge in [0.1, 0.15) is 23.5 Å². The molecule has 1 amide bonds. The molecule has 0 aliphatic carbocycles. The molecule has 2 rings (SSSR count). The third-order valence-corrected chi connectivity index (χ3v) is 4.81. The van der Waals surface area contributed by atoms with Crippen molar-refractivity contribution in [2.45, 2.75) is 19.4 Å². The smallest absolute Gasteiger partial charge is 0.270 e. The maximum Gasteiger partial charge on any atom is 0.270 e. The predicted octanol–water partition coefficient (Wildman–Crippen LogP) is 4.58. The Morgan fingerprint density at radius 3 is 2.63 bits per heavy atom. The average Bonchev–Trinajstić information content (AvgIpc) is 3.12. The van der Waals surface area contributed by atoms with E-state index >= 15 is 0 Å². The van der Waals surface area contributed by atoms with E-state index in [1.54, 1.807) is 37.4 Å². The second-order valence-corrected chi connectivity index (χ2v) is 6.73. The number of aldehydes is 1. The van der Waals surface area contributed by atoms with Gasteiger partial charge in [0.2, 0.25) is 0 Å². The summed E-state index contributed by atoms with van der Waals surface area (Å²) < 4.78 is 5.78. The van der Waals surface area contributed by atoms with Crippen LogP contribution in [0.15, 0.2) is 40.4 Å². The summed E-state index contributed by atoms with van der Waals surface area (Å²) in [5, 5.41) is 3.60. The molecule has 142 valence electrons. The van der Waals surface area contributed by atoms with Crippen molar-refractivity contribution in [1.82, 2.24) is 10.2 Å². The van der Waals surface area contributed by atoms with Crippen LogP contribution in [0.25, 0.3) is 17.4 Å². The van der Waals surface area contributed by atoms with Crippen molar-refractivity contribution in [1.29, 1.82) is 0 Å². The number of thiocarbonyl (C=S) groups is 1. The molecule has 8 heteroatoms. The highest BCUT2D eigenvalue weighted by Gasteiger charge is 2.21. The van der Waals surface area contributed by atoms with Gasteiger partial charge in [-0.25, -0.2) is 0 Å². The molecule has 0 bridgehead atoms. The third kappa shape index (κ3) is 5.19. The van der Waals surface area contributed by atoms with E-state index in [1.807, 2.05) is 6.92 Å². The number of likely N-dealkylation sites (N-methyl/N-ethyl adjacent to an activating group) is 1. The summed E-state index contributed by atoms with van der Waals surface area (Å²) in [4.78, 5) is 25.1. The summed E-state index contributed by atoms with van der Waals surface area (Å²) in [5.74, 6) is 0.639. The summed E-state index contributed by atoms with van der Waals surface area (Å²) in [6.07, 6.45) is 2.78. The topological polar surface area (TPSA) is 62.6 Å². The molecule has 1 unspecified atom stereocenters. The van der Waals surface area contributed by atoms with Gasteiger partial charge in [0.25, 0.3) is 5.91 Å². The Kier molecular flexibility index (Phi) is 7.59. The van der Waals surface area contributed by atoms with E-state index in [2.05, 4.69) is 5.32 Å². The molecule has 1 N–H and O–H groups in total. The number of furan rings is 1. The summed E-state index contributed by atoms with van der Waals surface area (Å²) in [6.45, 7) is 1.83. The zero-order chi connectivity index (χ0) is 20.0. The maximum absolute atomic E-state index is 12.7. The monoisotopic (exact) mass is 424 g/mol. The van der Waals surface area contributed by atoms with E-state index < -0.39 is 6.04 Å². The van der Waals surface area contributed by atoms with Crippen LogP contribution in [0.3, 0.4) is 0 Å². The van der Waals surface area contributed by atoms with Gasteiger partial charge < -0.3 is 19.4 Å². The molecule has 1 aromatic heterocycles. The number of carbonyl (C=O) groups excluding carboxylic acids is 2. The normalized spacial score (nSPS) is 12.4. The lowest BCUT2D eigenvalue weighted by Gasteiger charge is -2.23. The highest BCUT2D eigenvalue weighted by Crippen LogP contribution is 2.30. The van der Waals surface area contributed by atoms with Crippen molar-refractivity contribution in [3.05, 3.63) is 51.8 Å². The lowest BCUT2D eigenvalue weighted by Crippen LogP contribution is -2.41. The number of nitrogens with zero attached hydrogens (tertiary/aromatic N) is 1. The van der Waals surface area contributed by atoms with Gasteiger partial charge in [0.05, 0.1) is 21.6 Å². The lowest BCUT2D eigenvalue weighted by molar-refractivity contribution is -0.131. The van der Waals surface area contributed by atoms with Crippen LogP contribution in [0.2, 0.25) is 10.0 Å². The van der Waals surface area contributed by atoms with Crippen molar-refractivity contribution in [3.8, 4) is 11.3 Å². The van der Waals surface area contributed by atoms with Crippen molar-refractivity contribution < 1.29 is 14.0 Å². The fourth-order valence-corrected chi connectivity index (χ4v) is 2.83. The largest absolute Gasteiger partial charge is 0.457 e. The molecule has 2 aromatic rings. The fourth-order valence-electron chi connectivity index (χ4n) is 2.41. The third-order valence-electron chi connectivity index (χ3n) is 3.96. The van der Waals surface area contributed by atoms with Crippen LogP contribution >= 0.6 is 35.4 Å². The molecular formula is C19H18Cl2N2O3S.